The first-order valence-corrected chi connectivity index (χ1v) is 5.49. The minimum absolute atomic E-state index is 0.0394. The van der Waals surface area contributed by atoms with Gasteiger partial charge in [-0.1, -0.05) is 17.7 Å². The van der Waals surface area contributed by atoms with Gasteiger partial charge in [0.25, 0.3) is 0 Å². The second-order valence-electron chi connectivity index (χ2n) is 4.25. The van der Waals surface area contributed by atoms with Gasteiger partial charge in [-0.05, 0) is 19.1 Å². The zero-order valence-electron chi connectivity index (χ0n) is 9.64. The highest BCUT2D eigenvalue weighted by Gasteiger charge is 2.34. The molecule has 0 bridgehead atoms. The zero-order chi connectivity index (χ0) is 12.4. The lowest BCUT2D eigenvalue weighted by Crippen LogP contribution is -2.37. The molecule has 0 spiro atoms. The van der Waals surface area contributed by atoms with Crippen LogP contribution in [0.25, 0.3) is 0 Å². The van der Waals surface area contributed by atoms with E-state index in [1.807, 2.05) is 31.2 Å². The number of aryl methyl sites for hydroxylation is 1. The van der Waals surface area contributed by atoms with E-state index in [2.05, 4.69) is 5.43 Å². The molecule has 2 rings (SSSR count). The molecule has 1 atom stereocenters. The van der Waals surface area contributed by atoms with Gasteiger partial charge in [-0.25, -0.2) is 5.84 Å². The molecule has 1 fully saturated rings. The lowest BCUT2D eigenvalue weighted by molar-refractivity contribution is -0.126. The van der Waals surface area contributed by atoms with E-state index >= 15 is 0 Å². The minimum Gasteiger partial charge on any atom is -0.312 e. The lowest BCUT2D eigenvalue weighted by atomic mass is 10.1. The number of rotatable bonds is 2. The van der Waals surface area contributed by atoms with Crippen molar-refractivity contribution in [2.24, 2.45) is 11.8 Å². The number of nitrogens with zero attached hydrogens (tertiary/aromatic N) is 1. The number of nitrogens with two attached hydrogens (primary N) is 1. The van der Waals surface area contributed by atoms with Gasteiger partial charge in [0.05, 0.1) is 5.92 Å². The van der Waals surface area contributed by atoms with E-state index in [1.165, 1.54) is 0 Å². The molecule has 5 nitrogen and oxygen atoms in total. The van der Waals surface area contributed by atoms with Crippen molar-refractivity contribution in [1.82, 2.24) is 5.43 Å². The van der Waals surface area contributed by atoms with Gasteiger partial charge >= 0.3 is 0 Å². The molecular formula is C12H15N3O2. The summed E-state index contributed by atoms with van der Waals surface area (Å²) in [7, 11) is 0. The van der Waals surface area contributed by atoms with Gasteiger partial charge in [-0.3, -0.25) is 15.0 Å². The van der Waals surface area contributed by atoms with Crippen molar-refractivity contribution in [3.05, 3.63) is 29.8 Å². The van der Waals surface area contributed by atoms with Crippen LogP contribution in [0, 0.1) is 12.8 Å². The van der Waals surface area contributed by atoms with Crippen LogP contribution < -0.4 is 16.2 Å². The quantitative estimate of drug-likeness (QED) is 0.439. The third-order valence-corrected chi connectivity index (χ3v) is 2.98. The summed E-state index contributed by atoms with van der Waals surface area (Å²) in [5.41, 5.74) is 4.05. The normalized spacial score (nSPS) is 19.5. The van der Waals surface area contributed by atoms with Crippen molar-refractivity contribution in [2.45, 2.75) is 13.3 Å². The number of carbonyl (C=O) groups excluding carboxylic acids is 2. The Hall–Kier alpha value is -1.88. The first-order valence-electron chi connectivity index (χ1n) is 5.49. The topological polar surface area (TPSA) is 75.4 Å². The molecule has 1 aliphatic heterocycles. The maximum absolute atomic E-state index is 11.8. The maximum atomic E-state index is 11.8. The van der Waals surface area contributed by atoms with Gasteiger partial charge in [0.15, 0.2) is 0 Å². The average molecular weight is 233 g/mol. The molecule has 0 saturated carbocycles. The summed E-state index contributed by atoms with van der Waals surface area (Å²) in [4.78, 5) is 24.8. The van der Waals surface area contributed by atoms with Crippen LogP contribution in [0.4, 0.5) is 5.69 Å². The second kappa shape index (κ2) is 4.55. The summed E-state index contributed by atoms with van der Waals surface area (Å²) in [5, 5.41) is 0. The highest BCUT2D eigenvalue weighted by atomic mass is 16.2. The summed E-state index contributed by atoms with van der Waals surface area (Å²) in [6.45, 7) is 2.38. The van der Waals surface area contributed by atoms with Gasteiger partial charge < -0.3 is 4.90 Å². The molecule has 0 radical (unpaired) electrons. The summed E-state index contributed by atoms with van der Waals surface area (Å²) in [6.07, 6.45) is 0.219. The smallest absolute Gasteiger partial charge is 0.239 e. The molecule has 90 valence electrons. The average Bonchev–Trinajstić information content (AvgIpc) is 2.71. The van der Waals surface area contributed by atoms with Crippen molar-refractivity contribution in [2.75, 3.05) is 11.4 Å². The van der Waals surface area contributed by atoms with E-state index in [0.29, 0.717) is 6.54 Å². The van der Waals surface area contributed by atoms with Crippen molar-refractivity contribution in [1.29, 1.82) is 0 Å². The van der Waals surface area contributed by atoms with E-state index in [9.17, 15) is 9.59 Å². The van der Waals surface area contributed by atoms with Gasteiger partial charge in [-0.15, -0.1) is 0 Å². The number of anilines is 1. The summed E-state index contributed by atoms with van der Waals surface area (Å²) in [6, 6.07) is 7.66. The van der Waals surface area contributed by atoms with Crippen LogP contribution in [0.15, 0.2) is 24.3 Å². The fraction of sp³-hybridized carbons (Fsp3) is 0.333. The standard InChI is InChI=1S/C12H15N3O2/c1-8-2-4-10(5-3-8)15-7-9(6-11(15)16)12(17)14-13/h2-5,9H,6-7,13H2,1H3,(H,14,17)/t9-/m0/s1. The van der Waals surface area contributed by atoms with E-state index in [1.54, 1.807) is 4.90 Å². The Morgan fingerprint density at radius 2 is 2.06 bits per heavy atom. The van der Waals surface area contributed by atoms with E-state index in [-0.39, 0.29) is 24.2 Å². The van der Waals surface area contributed by atoms with Crippen LogP contribution in [0.1, 0.15) is 12.0 Å². The summed E-state index contributed by atoms with van der Waals surface area (Å²) >= 11 is 0. The highest BCUT2D eigenvalue weighted by molar-refractivity contribution is 6.00. The Kier molecular flexibility index (Phi) is 3.10. The van der Waals surface area contributed by atoms with Crippen molar-refractivity contribution in [3.63, 3.8) is 0 Å². The predicted octanol–water partition coefficient (Wildman–Crippen LogP) is 0.338. The highest BCUT2D eigenvalue weighted by Crippen LogP contribution is 2.25. The largest absolute Gasteiger partial charge is 0.312 e. The van der Waals surface area contributed by atoms with Crippen LogP contribution in [0.5, 0.6) is 0 Å². The first kappa shape index (κ1) is 11.6. The van der Waals surface area contributed by atoms with Crippen molar-refractivity contribution >= 4 is 17.5 Å². The SMILES string of the molecule is Cc1ccc(N2C[C@@H](C(=O)NN)CC2=O)cc1. The number of nitrogens with one attached hydrogen (secondary N) is 1. The molecule has 2 amide bonds. The number of hydrogen-bond acceptors (Lipinski definition) is 3. The number of carbonyl (C=O) groups is 2. The molecule has 1 aliphatic rings. The molecule has 1 aromatic rings. The molecule has 0 aromatic heterocycles. The Morgan fingerprint density at radius 1 is 1.41 bits per heavy atom. The molecule has 0 aliphatic carbocycles. The first-order chi connectivity index (χ1) is 8.11. The van der Waals surface area contributed by atoms with Crippen molar-refractivity contribution in [3.8, 4) is 0 Å². The number of hydrogen-bond donors (Lipinski definition) is 2. The van der Waals surface area contributed by atoms with Gasteiger partial charge in [0, 0.05) is 18.7 Å². The third kappa shape index (κ3) is 2.29. The number of benzene rings is 1. The molecule has 0 unspecified atom stereocenters. The van der Waals surface area contributed by atoms with Gasteiger partial charge in [-0.2, -0.15) is 0 Å². The van der Waals surface area contributed by atoms with Crippen LogP contribution in [-0.2, 0) is 9.59 Å². The number of hydrazine groups is 1. The van der Waals surface area contributed by atoms with E-state index < -0.39 is 0 Å². The molecule has 1 aromatic carbocycles. The Bertz CT molecular complexity index is 442. The van der Waals surface area contributed by atoms with Gasteiger partial charge in [0.1, 0.15) is 0 Å². The fourth-order valence-corrected chi connectivity index (χ4v) is 1.98. The minimum atomic E-state index is -0.353. The van der Waals surface area contributed by atoms with Crippen LogP contribution >= 0.6 is 0 Å². The molecule has 17 heavy (non-hydrogen) atoms. The van der Waals surface area contributed by atoms with Gasteiger partial charge in [0.2, 0.25) is 11.8 Å². The van der Waals surface area contributed by atoms with E-state index in [4.69, 9.17) is 5.84 Å². The summed E-state index contributed by atoms with van der Waals surface area (Å²) < 4.78 is 0. The molecule has 1 saturated heterocycles. The molecule has 3 N–H and O–H groups in total. The monoisotopic (exact) mass is 233 g/mol. The maximum Gasteiger partial charge on any atom is 0.239 e. The third-order valence-electron chi connectivity index (χ3n) is 2.98. The zero-order valence-corrected chi connectivity index (χ0v) is 9.64. The Morgan fingerprint density at radius 3 is 2.65 bits per heavy atom. The molecular weight excluding hydrogens is 218 g/mol. The van der Waals surface area contributed by atoms with Crippen molar-refractivity contribution < 1.29 is 9.59 Å². The van der Waals surface area contributed by atoms with Crippen LogP contribution in [-0.4, -0.2) is 18.4 Å². The number of amides is 2. The summed E-state index contributed by atoms with van der Waals surface area (Å²) in [5.74, 6) is 4.40. The lowest BCUT2D eigenvalue weighted by Gasteiger charge is -2.16. The molecule has 5 heteroatoms. The fourth-order valence-electron chi connectivity index (χ4n) is 1.98. The Labute approximate surface area is 99.6 Å². The van der Waals surface area contributed by atoms with E-state index in [0.717, 1.165) is 11.3 Å². The molecule has 1 heterocycles. The van der Waals surface area contributed by atoms with Crippen LogP contribution in [0.2, 0.25) is 0 Å². The Balaban J connectivity index is 2.15. The van der Waals surface area contributed by atoms with Crippen LogP contribution in [0.3, 0.4) is 0 Å². The predicted molar refractivity (Wildman–Crippen MR) is 64.0 cm³/mol. The second-order valence-corrected chi connectivity index (χ2v) is 4.25.